The lowest BCUT2D eigenvalue weighted by atomic mass is 10.0. The topological polar surface area (TPSA) is 124 Å². The minimum atomic E-state index is -0.646. The maximum absolute atomic E-state index is 12.7. The van der Waals surface area contributed by atoms with Crippen LogP contribution in [0, 0.1) is 0 Å². The molecule has 6 rings (SSSR count). The highest BCUT2D eigenvalue weighted by Crippen LogP contribution is 2.31. The highest BCUT2D eigenvalue weighted by Gasteiger charge is 2.51. The van der Waals surface area contributed by atoms with Gasteiger partial charge in [0.2, 0.25) is 0 Å². The maximum atomic E-state index is 12.7. The third-order valence-corrected chi connectivity index (χ3v) is 8.64. The first-order valence-corrected chi connectivity index (χ1v) is 17.2. The molecule has 0 N–H and O–H groups in total. The zero-order valence-electron chi connectivity index (χ0n) is 29.8. The molecule has 54 heavy (non-hydrogen) atoms. The highest BCUT2D eigenvalue weighted by molar-refractivity contribution is 5.90. The smallest absolute Gasteiger partial charge is 0.338 e. The molecule has 0 amide bonds. The minimum Gasteiger partial charge on any atom is -0.454 e. The summed E-state index contributed by atoms with van der Waals surface area (Å²) >= 11 is 0. The Bertz CT molecular complexity index is 1940. The average molecular weight is 727 g/mol. The van der Waals surface area contributed by atoms with E-state index < -0.39 is 48.3 Å². The van der Waals surface area contributed by atoms with Crippen LogP contribution in [0.3, 0.4) is 0 Å². The van der Waals surface area contributed by atoms with Crippen molar-refractivity contribution in [2.24, 2.45) is 0 Å². The van der Waals surface area contributed by atoms with Gasteiger partial charge in [-0.2, -0.15) is 0 Å². The third kappa shape index (κ3) is 9.54. The summed E-state index contributed by atoms with van der Waals surface area (Å²) in [6.45, 7) is 10.6. The fourth-order valence-electron chi connectivity index (χ4n) is 5.73. The lowest BCUT2D eigenvalue weighted by Gasteiger charge is -2.16. The van der Waals surface area contributed by atoms with E-state index in [0.717, 1.165) is 33.4 Å². The van der Waals surface area contributed by atoms with Crippen LogP contribution in [-0.4, -0.2) is 61.5 Å². The molecule has 0 bridgehead atoms. The molecule has 4 aromatic carbocycles. The first kappa shape index (κ1) is 37.4. The molecule has 2 fully saturated rings. The summed E-state index contributed by atoms with van der Waals surface area (Å²) in [5.41, 5.74) is 6.01. The van der Waals surface area contributed by atoms with Crippen LogP contribution in [-0.2, 0) is 38.1 Å². The van der Waals surface area contributed by atoms with E-state index in [0.29, 0.717) is 22.6 Å². The molecule has 0 saturated carbocycles. The van der Waals surface area contributed by atoms with E-state index in [4.69, 9.17) is 28.4 Å². The molecule has 0 aromatic heterocycles. The first-order chi connectivity index (χ1) is 26.0. The van der Waals surface area contributed by atoms with Gasteiger partial charge < -0.3 is 28.4 Å². The number of hydrogen-bond acceptors (Lipinski definition) is 10. The Labute approximate surface area is 312 Å². The van der Waals surface area contributed by atoms with Crippen molar-refractivity contribution in [3.8, 4) is 33.8 Å². The molecule has 2 heterocycles. The number of benzene rings is 4. The zero-order valence-corrected chi connectivity index (χ0v) is 29.8. The standard InChI is InChI=1S/C44H38O10/c1-27(2)43(47)51-35-19-15-33(16-20-35)31-11-5-29(6-12-31)9-23-39(45)53-37-25-49-42-38(26-50-41(37)42)54-40(46)24-10-30-7-13-32(14-8-30)34-17-21-36(22-18-34)52-44(48)28(3)4/h5-24,37-38,41-42H,1,3,25-26H2,2,4H3/b23-9+,24-10+/t37-,38+,41+,42?/m0/s1. The molecule has 0 aliphatic carbocycles. The normalized spacial score (nSPS) is 18.9. The van der Waals surface area contributed by atoms with Crippen molar-refractivity contribution in [2.75, 3.05) is 13.2 Å². The molecule has 2 saturated heterocycles. The van der Waals surface area contributed by atoms with Crippen molar-refractivity contribution in [1.29, 1.82) is 0 Å². The van der Waals surface area contributed by atoms with E-state index in [-0.39, 0.29) is 13.2 Å². The van der Waals surface area contributed by atoms with Gasteiger partial charge in [-0.05, 0) is 83.6 Å². The lowest BCUT2D eigenvalue weighted by Crippen LogP contribution is -2.35. The molecule has 2 aliphatic heterocycles. The summed E-state index contributed by atoms with van der Waals surface area (Å²) in [6.07, 6.45) is 3.59. The van der Waals surface area contributed by atoms with Gasteiger partial charge in [0.15, 0.2) is 12.2 Å². The third-order valence-electron chi connectivity index (χ3n) is 8.64. The van der Waals surface area contributed by atoms with Crippen LogP contribution >= 0.6 is 0 Å². The van der Waals surface area contributed by atoms with Gasteiger partial charge in [-0.15, -0.1) is 0 Å². The molecule has 4 atom stereocenters. The van der Waals surface area contributed by atoms with Gasteiger partial charge in [0.25, 0.3) is 0 Å². The Morgan fingerprint density at radius 3 is 1.17 bits per heavy atom. The predicted octanol–water partition coefficient (Wildman–Crippen LogP) is 7.33. The number of carbonyl (C=O) groups excluding carboxylic acids is 4. The molecular weight excluding hydrogens is 688 g/mol. The van der Waals surface area contributed by atoms with E-state index >= 15 is 0 Å². The first-order valence-electron chi connectivity index (χ1n) is 17.2. The summed E-state index contributed by atoms with van der Waals surface area (Å²) in [7, 11) is 0. The maximum Gasteiger partial charge on any atom is 0.338 e. The quantitative estimate of drug-likeness (QED) is 0.0833. The summed E-state index contributed by atoms with van der Waals surface area (Å²) < 4.78 is 33.4. The SMILES string of the molecule is C=C(C)C(=O)Oc1ccc(-c2ccc(/C=C/C(=O)O[C@H]3COC4[C@H](OC(=O)/C=C/c5ccc(-c6ccc(OC(=O)C(=C)C)cc6)cc5)CO[C@@H]43)cc2)cc1. The van der Waals surface area contributed by atoms with Crippen LogP contribution in [0.5, 0.6) is 11.5 Å². The molecule has 1 unspecified atom stereocenters. The van der Waals surface area contributed by atoms with Crippen molar-refractivity contribution in [2.45, 2.75) is 38.3 Å². The number of rotatable bonds is 12. The molecule has 4 aromatic rings. The van der Waals surface area contributed by atoms with Gasteiger partial charge >= 0.3 is 23.9 Å². The van der Waals surface area contributed by atoms with E-state index in [9.17, 15) is 19.2 Å². The Balaban J connectivity index is 0.945. The molecule has 0 radical (unpaired) electrons. The second-order valence-electron chi connectivity index (χ2n) is 12.8. The van der Waals surface area contributed by atoms with E-state index in [2.05, 4.69) is 13.2 Å². The van der Waals surface area contributed by atoms with E-state index in [1.807, 2.05) is 72.8 Å². The average Bonchev–Trinajstić information content (AvgIpc) is 3.76. The van der Waals surface area contributed by atoms with Crippen LogP contribution < -0.4 is 9.47 Å². The molecule has 274 valence electrons. The van der Waals surface area contributed by atoms with Crippen molar-refractivity contribution in [3.05, 3.63) is 145 Å². The van der Waals surface area contributed by atoms with E-state index in [1.165, 1.54) is 12.2 Å². The fraction of sp³-hybridized carbons (Fsp3) is 0.182. The summed E-state index contributed by atoms with van der Waals surface area (Å²) in [6, 6.07) is 29.5. The Morgan fingerprint density at radius 2 is 0.852 bits per heavy atom. The highest BCUT2D eigenvalue weighted by atomic mass is 16.7. The lowest BCUT2D eigenvalue weighted by molar-refractivity contribution is -0.149. The van der Waals surface area contributed by atoms with Gasteiger partial charge in [0, 0.05) is 23.3 Å². The second kappa shape index (κ2) is 17.0. The van der Waals surface area contributed by atoms with Crippen molar-refractivity contribution in [1.82, 2.24) is 0 Å². The fourth-order valence-corrected chi connectivity index (χ4v) is 5.73. The number of carbonyl (C=O) groups is 4. The number of ether oxygens (including phenoxy) is 6. The second-order valence-corrected chi connectivity index (χ2v) is 12.8. The largest absolute Gasteiger partial charge is 0.454 e. The monoisotopic (exact) mass is 726 g/mol. The van der Waals surface area contributed by atoms with Gasteiger partial charge in [-0.25, -0.2) is 19.2 Å². The summed E-state index contributed by atoms with van der Waals surface area (Å²) in [5.74, 6) is -1.18. The Kier molecular flexibility index (Phi) is 11.8. The number of hydrogen-bond donors (Lipinski definition) is 0. The van der Waals surface area contributed by atoms with Gasteiger partial charge in [0.1, 0.15) is 23.7 Å². The van der Waals surface area contributed by atoms with Crippen LogP contribution in [0.2, 0.25) is 0 Å². The van der Waals surface area contributed by atoms with Crippen LogP contribution in [0.4, 0.5) is 0 Å². The van der Waals surface area contributed by atoms with Crippen molar-refractivity contribution < 1.29 is 47.6 Å². The van der Waals surface area contributed by atoms with E-state index in [1.54, 1.807) is 50.3 Å². The van der Waals surface area contributed by atoms with Gasteiger partial charge in [0.05, 0.1) is 13.2 Å². The number of esters is 4. The Morgan fingerprint density at radius 1 is 0.537 bits per heavy atom. The molecule has 10 nitrogen and oxygen atoms in total. The van der Waals surface area contributed by atoms with Crippen LogP contribution in [0.25, 0.3) is 34.4 Å². The number of fused-ring (bicyclic) bond motifs is 1. The predicted molar refractivity (Wildman–Crippen MR) is 202 cm³/mol. The minimum absolute atomic E-state index is 0.118. The van der Waals surface area contributed by atoms with Crippen molar-refractivity contribution >= 4 is 36.0 Å². The molecule has 10 heteroatoms. The molecular formula is C44H38O10. The zero-order chi connectivity index (χ0) is 38.2. The summed E-state index contributed by atoms with van der Waals surface area (Å²) in [5, 5.41) is 0. The van der Waals surface area contributed by atoms with Crippen LogP contribution in [0.1, 0.15) is 25.0 Å². The van der Waals surface area contributed by atoms with Crippen LogP contribution in [0.15, 0.2) is 134 Å². The molecule has 0 spiro atoms. The van der Waals surface area contributed by atoms with Gasteiger partial charge in [-0.3, -0.25) is 0 Å². The Hall–Kier alpha value is -6.36. The summed E-state index contributed by atoms with van der Waals surface area (Å²) in [4.78, 5) is 48.8. The van der Waals surface area contributed by atoms with Gasteiger partial charge in [-0.1, -0.05) is 86.0 Å². The molecule has 2 aliphatic rings. The van der Waals surface area contributed by atoms with Crippen molar-refractivity contribution in [3.63, 3.8) is 0 Å².